The maximum absolute atomic E-state index is 15.4. The minimum atomic E-state index is -0.361. The Kier molecular flexibility index (Phi) is 5.99. The number of pyridine rings is 1. The van der Waals surface area contributed by atoms with Crippen molar-refractivity contribution in [3.05, 3.63) is 94.6 Å². The second kappa shape index (κ2) is 9.58. The summed E-state index contributed by atoms with van der Waals surface area (Å²) in [7, 11) is 0. The predicted octanol–water partition coefficient (Wildman–Crippen LogP) is 6.44. The van der Waals surface area contributed by atoms with Crippen LogP contribution in [0.15, 0.2) is 60.9 Å². The molecule has 40 heavy (non-hydrogen) atoms. The van der Waals surface area contributed by atoms with Gasteiger partial charge in [-0.15, -0.1) is 0 Å². The van der Waals surface area contributed by atoms with E-state index in [0.717, 1.165) is 36.0 Å². The number of benzene rings is 2. The Morgan fingerprint density at radius 2 is 1.90 bits per heavy atom. The molecule has 0 unspecified atom stereocenters. The van der Waals surface area contributed by atoms with Gasteiger partial charge in [-0.2, -0.15) is 0 Å². The zero-order chi connectivity index (χ0) is 27.5. The molecule has 1 amide bonds. The Bertz CT molecular complexity index is 1660. The molecule has 2 saturated carbocycles. The third-order valence-electron chi connectivity index (χ3n) is 8.78. The van der Waals surface area contributed by atoms with Gasteiger partial charge >= 0.3 is 5.97 Å². The number of carbonyl (C=O) groups is 2. The van der Waals surface area contributed by atoms with Crippen LogP contribution in [-0.4, -0.2) is 39.3 Å². The number of hydrogen-bond donors (Lipinski definition) is 0. The quantitative estimate of drug-likeness (QED) is 0.266. The summed E-state index contributed by atoms with van der Waals surface area (Å²) in [6.45, 7) is 4.91. The Morgan fingerprint density at radius 1 is 1.07 bits per heavy atom. The molecule has 3 heterocycles. The molecule has 2 fully saturated rings. The summed E-state index contributed by atoms with van der Waals surface area (Å²) in [6.07, 6.45) is 7.33. The lowest BCUT2D eigenvalue weighted by molar-refractivity contribution is -0.144. The molecule has 2 aliphatic carbocycles. The molecule has 7 rings (SSSR count). The minimum Gasteiger partial charge on any atom is -0.466 e. The minimum absolute atomic E-state index is 0.00151. The maximum atomic E-state index is 15.4. The van der Waals surface area contributed by atoms with Gasteiger partial charge in [0.1, 0.15) is 11.5 Å². The molecule has 6 nitrogen and oxygen atoms in total. The monoisotopic (exact) mass is 537 g/mol. The highest BCUT2D eigenvalue weighted by molar-refractivity contribution is 5.95. The van der Waals surface area contributed by atoms with Gasteiger partial charge in [-0.3, -0.25) is 9.59 Å². The average Bonchev–Trinajstić information content (AvgIpc) is 3.89. The molecule has 2 aromatic carbocycles. The van der Waals surface area contributed by atoms with Crippen molar-refractivity contribution in [1.82, 2.24) is 14.3 Å². The van der Waals surface area contributed by atoms with E-state index in [0.29, 0.717) is 42.3 Å². The highest BCUT2D eigenvalue weighted by atomic mass is 19.1. The van der Waals surface area contributed by atoms with Gasteiger partial charge in [-0.25, -0.2) is 9.37 Å². The summed E-state index contributed by atoms with van der Waals surface area (Å²) in [5.41, 5.74) is 6.73. The molecule has 3 atom stereocenters. The van der Waals surface area contributed by atoms with Crippen molar-refractivity contribution in [2.24, 2.45) is 5.92 Å². The first-order valence-corrected chi connectivity index (χ1v) is 14.3. The van der Waals surface area contributed by atoms with Crippen LogP contribution in [0.25, 0.3) is 16.9 Å². The SMILES string of the molecule is CCOC(=O)[C@H]1C[C@@H]1c1ccc(-c2cn3cc(C(=O)N4CCc5ccccc5[C@H]4C)cc(C4CC4)c3n2)c(F)c1. The van der Waals surface area contributed by atoms with Crippen LogP contribution in [0, 0.1) is 11.7 Å². The zero-order valence-electron chi connectivity index (χ0n) is 22.8. The summed E-state index contributed by atoms with van der Waals surface area (Å²) in [4.78, 5) is 32.7. The van der Waals surface area contributed by atoms with E-state index < -0.39 is 0 Å². The number of aromatic nitrogens is 2. The van der Waals surface area contributed by atoms with Crippen molar-refractivity contribution < 1.29 is 18.7 Å². The van der Waals surface area contributed by atoms with Gasteiger partial charge in [0.25, 0.3) is 5.91 Å². The largest absolute Gasteiger partial charge is 0.466 e. The van der Waals surface area contributed by atoms with Crippen molar-refractivity contribution in [2.45, 2.75) is 57.4 Å². The Balaban J connectivity index is 1.20. The summed E-state index contributed by atoms with van der Waals surface area (Å²) in [5.74, 6) is -0.376. The molecule has 7 heteroatoms. The van der Waals surface area contributed by atoms with Crippen molar-refractivity contribution in [3.8, 4) is 11.3 Å². The van der Waals surface area contributed by atoms with Gasteiger partial charge in [0.05, 0.1) is 29.8 Å². The Labute approximate surface area is 232 Å². The smallest absolute Gasteiger partial charge is 0.309 e. The van der Waals surface area contributed by atoms with Crippen LogP contribution in [0.3, 0.4) is 0 Å². The van der Waals surface area contributed by atoms with Crippen LogP contribution in [0.1, 0.15) is 83.6 Å². The van der Waals surface area contributed by atoms with Gasteiger partial charge in [-0.1, -0.05) is 30.3 Å². The van der Waals surface area contributed by atoms with Crippen LogP contribution < -0.4 is 0 Å². The number of halogens is 1. The molecule has 0 N–H and O–H groups in total. The van der Waals surface area contributed by atoms with Crippen LogP contribution in [0.4, 0.5) is 4.39 Å². The Morgan fingerprint density at radius 3 is 2.67 bits per heavy atom. The number of nitrogens with zero attached hydrogens (tertiary/aromatic N) is 3. The van der Waals surface area contributed by atoms with E-state index in [-0.39, 0.29) is 35.6 Å². The fourth-order valence-corrected chi connectivity index (χ4v) is 6.32. The summed E-state index contributed by atoms with van der Waals surface area (Å²) >= 11 is 0. The molecule has 0 spiro atoms. The highest BCUT2D eigenvalue weighted by Gasteiger charge is 2.45. The summed E-state index contributed by atoms with van der Waals surface area (Å²) < 4.78 is 22.4. The average molecular weight is 538 g/mol. The number of amides is 1. The lowest BCUT2D eigenvalue weighted by Crippen LogP contribution is -2.39. The van der Waals surface area contributed by atoms with Gasteiger partial charge in [0.15, 0.2) is 0 Å². The topological polar surface area (TPSA) is 63.9 Å². The normalized spacial score (nSPS) is 21.8. The number of hydrogen-bond acceptors (Lipinski definition) is 4. The zero-order valence-corrected chi connectivity index (χ0v) is 22.8. The van der Waals surface area contributed by atoms with Crippen molar-refractivity contribution in [1.29, 1.82) is 0 Å². The van der Waals surface area contributed by atoms with E-state index in [1.807, 2.05) is 39.9 Å². The number of ether oxygens (including phenoxy) is 1. The first-order chi connectivity index (χ1) is 19.4. The van der Waals surface area contributed by atoms with E-state index in [1.54, 1.807) is 13.0 Å². The Hall–Kier alpha value is -4.00. The lowest BCUT2D eigenvalue weighted by atomic mass is 9.93. The molecular formula is C33H32FN3O3. The number of imidazole rings is 1. The van der Waals surface area contributed by atoms with E-state index >= 15 is 4.39 Å². The second-order valence-corrected chi connectivity index (χ2v) is 11.4. The number of fused-ring (bicyclic) bond motifs is 2. The lowest BCUT2D eigenvalue weighted by Gasteiger charge is -2.35. The summed E-state index contributed by atoms with van der Waals surface area (Å²) in [6, 6.07) is 15.5. The van der Waals surface area contributed by atoms with Gasteiger partial charge in [-0.05, 0) is 91.8 Å². The molecule has 2 aromatic heterocycles. The van der Waals surface area contributed by atoms with Crippen LogP contribution >= 0.6 is 0 Å². The van der Waals surface area contributed by atoms with Gasteiger partial charge in [0, 0.05) is 24.5 Å². The molecule has 4 aromatic rings. The molecule has 1 aliphatic heterocycles. The molecular weight excluding hydrogens is 505 g/mol. The van der Waals surface area contributed by atoms with Crippen LogP contribution in [0.5, 0.6) is 0 Å². The van der Waals surface area contributed by atoms with Crippen LogP contribution in [0.2, 0.25) is 0 Å². The maximum Gasteiger partial charge on any atom is 0.309 e. The van der Waals surface area contributed by atoms with E-state index in [2.05, 4.69) is 25.1 Å². The summed E-state index contributed by atoms with van der Waals surface area (Å²) in [5, 5.41) is 0. The van der Waals surface area contributed by atoms with E-state index in [4.69, 9.17) is 9.72 Å². The molecule has 0 radical (unpaired) electrons. The van der Waals surface area contributed by atoms with Gasteiger partial charge in [0.2, 0.25) is 0 Å². The first-order valence-electron chi connectivity index (χ1n) is 14.3. The number of esters is 1. The van der Waals surface area contributed by atoms with E-state index in [9.17, 15) is 9.59 Å². The fourth-order valence-electron chi connectivity index (χ4n) is 6.32. The predicted molar refractivity (Wildman–Crippen MR) is 150 cm³/mol. The first kappa shape index (κ1) is 25.0. The molecule has 0 bridgehead atoms. The van der Waals surface area contributed by atoms with Crippen molar-refractivity contribution >= 4 is 17.5 Å². The molecule has 3 aliphatic rings. The number of rotatable bonds is 6. The van der Waals surface area contributed by atoms with Crippen molar-refractivity contribution in [2.75, 3.05) is 13.2 Å². The fraction of sp³-hybridized carbons (Fsp3) is 0.364. The van der Waals surface area contributed by atoms with E-state index in [1.165, 1.54) is 17.2 Å². The number of carbonyl (C=O) groups excluding carboxylic acids is 2. The third kappa shape index (κ3) is 4.28. The third-order valence-corrected chi connectivity index (χ3v) is 8.78. The molecule has 204 valence electrons. The van der Waals surface area contributed by atoms with Crippen molar-refractivity contribution in [3.63, 3.8) is 0 Å². The second-order valence-electron chi connectivity index (χ2n) is 11.4. The van der Waals surface area contributed by atoms with Gasteiger partial charge < -0.3 is 14.0 Å². The standard InChI is InChI=1S/C33H32FN3O3/c1-3-40-33(39)28-16-26(28)22-10-11-25(29(34)15-22)30-18-36-17-23(14-27(21-8-9-21)31(36)35-30)32(38)37-13-12-20-6-4-5-7-24(20)19(37)2/h4-7,10-11,14-15,17-19,21,26,28H,3,8-9,12-13,16H2,1-2H3/t19-,26-,28+/m1/s1. The highest BCUT2D eigenvalue weighted by Crippen LogP contribution is 2.49. The molecule has 0 saturated heterocycles. The van der Waals surface area contributed by atoms with Crippen LogP contribution in [-0.2, 0) is 16.0 Å².